The summed E-state index contributed by atoms with van der Waals surface area (Å²) in [7, 11) is 1.34. The van der Waals surface area contributed by atoms with E-state index in [2.05, 4.69) is 27.2 Å². The molecule has 0 bridgehead atoms. The zero-order chi connectivity index (χ0) is 14.5. The zero-order valence-electron chi connectivity index (χ0n) is 10.7. The lowest BCUT2D eigenvalue weighted by atomic mass is 10.1. The molecular weight excluding hydrogens is 260 g/mol. The van der Waals surface area contributed by atoms with Crippen molar-refractivity contribution in [2.45, 2.75) is 12.5 Å². The van der Waals surface area contributed by atoms with Gasteiger partial charge in [-0.3, -0.25) is 14.9 Å². The van der Waals surface area contributed by atoms with Gasteiger partial charge < -0.3 is 10.1 Å². The van der Waals surface area contributed by atoms with Gasteiger partial charge in [0, 0.05) is 5.56 Å². The number of imide groups is 1. The van der Waals surface area contributed by atoms with Crippen LogP contribution in [0.25, 0.3) is 0 Å². The molecule has 1 aromatic carbocycles. The highest BCUT2D eigenvalue weighted by atomic mass is 16.5. The Hall–Kier alpha value is -2.81. The van der Waals surface area contributed by atoms with Gasteiger partial charge in [-0.05, 0) is 17.7 Å². The molecule has 2 N–H and O–H groups in total. The normalized spacial score (nSPS) is 16.8. The predicted molar refractivity (Wildman–Crippen MR) is 69.5 cm³/mol. The van der Waals surface area contributed by atoms with Crippen LogP contribution in [0.1, 0.15) is 11.1 Å². The third kappa shape index (κ3) is 3.36. The third-order valence-electron chi connectivity index (χ3n) is 2.67. The smallest absolute Gasteiger partial charge is 0.322 e. The second-order valence-corrected chi connectivity index (χ2v) is 4.11. The number of esters is 1. The lowest BCUT2D eigenvalue weighted by Crippen LogP contribution is -2.26. The van der Waals surface area contributed by atoms with Crippen molar-refractivity contribution < 1.29 is 19.1 Å². The topological polar surface area (TPSA) is 84.5 Å². The molecule has 1 saturated heterocycles. The fourth-order valence-corrected chi connectivity index (χ4v) is 1.62. The average Bonchev–Trinajstić information content (AvgIpc) is 2.76. The van der Waals surface area contributed by atoms with Crippen molar-refractivity contribution in [1.29, 1.82) is 0 Å². The molecule has 0 spiro atoms. The maximum atomic E-state index is 11.3. The van der Waals surface area contributed by atoms with Crippen molar-refractivity contribution in [2.24, 2.45) is 0 Å². The minimum Gasteiger partial charge on any atom is -0.469 e. The molecule has 102 valence electrons. The summed E-state index contributed by atoms with van der Waals surface area (Å²) in [5, 5.41) is 4.48. The van der Waals surface area contributed by atoms with Crippen LogP contribution >= 0.6 is 0 Å². The fraction of sp³-hybridized carbons (Fsp3) is 0.214. The summed E-state index contributed by atoms with van der Waals surface area (Å²) in [6.45, 7) is 0. The molecular formula is C14H12N2O4. The Kier molecular flexibility index (Phi) is 4.01. The van der Waals surface area contributed by atoms with Crippen molar-refractivity contribution in [3.05, 3.63) is 35.4 Å². The van der Waals surface area contributed by atoms with E-state index in [0.717, 1.165) is 5.56 Å². The zero-order valence-corrected chi connectivity index (χ0v) is 10.7. The Morgan fingerprint density at radius 1 is 1.30 bits per heavy atom. The Bertz CT molecular complexity index is 610. The van der Waals surface area contributed by atoms with Gasteiger partial charge >= 0.3 is 12.0 Å². The lowest BCUT2D eigenvalue weighted by Gasteiger charge is -2.00. The molecule has 1 aliphatic heterocycles. The van der Waals surface area contributed by atoms with Crippen LogP contribution in [0.3, 0.4) is 0 Å². The van der Waals surface area contributed by atoms with Crippen LogP contribution < -0.4 is 10.6 Å². The summed E-state index contributed by atoms with van der Waals surface area (Å²) in [6.07, 6.45) is 0.200. The monoisotopic (exact) mass is 272 g/mol. The Morgan fingerprint density at radius 2 is 2.00 bits per heavy atom. The number of benzene rings is 1. The fourth-order valence-electron chi connectivity index (χ4n) is 1.62. The molecule has 0 aromatic heterocycles. The van der Waals surface area contributed by atoms with E-state index in [1.165, 1.54) is 7.11 Å². The van der Waals surface area contributed by atoms with Crippen LogP contribution in [0.5, 0.6) is 0 Å². The second kappa shape index (κ2) is 5.89. The van der Waals surface area contributed by atoms with Crippen molar-refractivity contribution in [3.63, 3.8) is 0 Å². The highest BCUT2D eigenvalue weighted by Crippen LogP contribution is 2.05. The standard InChI is InChI=1S/C14H12N2O4/c1-20-12(17)8-10-4-2-9(3-5-10)6-7-11-13(18)16-14(19)15-11/h2-5,11H,8H2,1H3,(H2,15,16,18,19). The molecule has 6 heteroatoms. The largest absolute Gasteiger partial charge is 0.469 e. The van der Waals surface area contributed by atoms with Crippen LogP contribution in [0, 0.1) is 11.8 Å². The lowest BCUT2D eigenvalue weighted by molar-refractivity contribution is -0.139. The number of carbonyl (C=O) groups excluding carboxylic acids is 3. The van der Waals surface area contributed by atoms with E-state index >= 15 is 0 Å². The first kappa shape index (κ1) is 13.6. The van der Waals surface area contributed by atoms with Gasteiger partial charge in [-0.1, -0.05) is 24.0 Å². The van der Waals surface area contributed by atoms with Crippen molar-refractivity contribution in [2.75, 3.05) is 7.11 Å². The molecule has 20 heavy (non-hydrogen) atoms. The number of nitrogens with one attached hydrogen (secondary N) is 2. The number of amides is 3. The van der Waals surface area contributed by atoms with E-state index in [-0.39, 0.29) is 12.4 Å². The summed E-state index contributed by atoms with van der Waals surface area (Å²) in [6, 6.07) is 5.63. The average molecular weight is 272 g/mol. The van der Waals surface area contributed by atoms with Crippen molar-refractivity contribution in [1.82, 2.24) is 10.6 Å². The van der Waals surface area contributed by atoms with Crippen LogP contribution in [0.15, 0.2) is 24.3 Å². The number of urea groups is 1. The summed E-state index contributed by atoms with van der Waals surface area (Å²) in [4.78, 5) is 33.3. The summed E-state index contributed by atoms with van der Waals surface area (Å²) in [5.74, 6) is 4.69. The van der Waals surface area contributed by atoms with E-state index in [0.29, 0.717) is 5.56 Å². The highest BCUT2D eigenvalue weighted by Gasteiger charge is 2.27. The molecule has 2 rings (SSSR count). The van der Waals surface area contributed by atoms with Gasteiger partial charge in [-0.25, -0.2) is 4.79 Å². The third-order valence-corrected chi connectivity index (χ3v) is 2.67. The van der Waals surface area contributed by atoms with Crippen LogP contribution in [0.2, 0.25) is 0 Å². The van der Waals surface area contributed by atoms with Gasteiger partial charge in [-0.2, -0.15) is 0 Å². The van der Waals surface area contributed by atoms with E-state index in [9.17, 15) is 14.4 Å². The van der Waals surface area contributed by atoms with Crippen molar-refractivity contribution in [3.8, 4) is 11.8 Å². The van der Waals surface area contributed by atoms with Crippen LogP contribution in [-0.4, -0.2) is 31.1 Å². The predicted octanol–water partition coefficient (Wildman–Crippen LogP) is -0.0384. The minimum absolute atomic E-state index is 0.200. The Balaban J connectivity index is 2.03. The SMILES string of the molecule is COC(=O)Cc1ccc(C#CC2NC(=O)NC2=O)cc1. The van der Waals surface area contributed by atoms with Crippen molar-refractivity contribution >= 4 is 17.9 Å². The Labute approximate surface area is 115 Å². The minimum atomic E-state index is -0.822. The maximum absolute atomic E-state index is 11.3. The van der Waals surface area contributed by atoms with Gasteiger partial charge in [0.1, 0.15) is 0 Å². The maximum Gasteiger partial charge on any atom is 0.322 e. The number of carbonyl (C=O) groups is 3. The molecule has 1 unspecified atom stereocenters. The molecule has 0 radical (unpaired) electrons. The second-order valence-electron chi connectivity index (χ2n) is 4.11. The molecule has 6 nitrogen and oxygen atoms in total. The first-order valence-corrected chi connectivity index (χ1v) is 5.87. The van der Waals surface area contributed by atoms with E-state index in [1.807, 2.05) is 0 Å². The number of methoxy groups -OCH3 is 1. The van der Waals surface area contributed by atoms with Gasteiger partial charge in [0.2, 0.25) is 0 Å². The molecule has 1 aliphatic rings. The number of rotatable bonds is 2. The van der Waals surface area contributed by atoms with E-state index < -0.39 is 18.0 Å². The Morgan fingerprint density at radius 3 is 2.55 bits per heavy atom. The molecule has 1 atom stereocenters. The highest BCUT2D eigenvalue weighted by molar-refractivity contribution is 6.05. The van der Waals surface area contributed by atoms with E-state index in [1.54, 1.807) is 24.3 Å². The molecule has 1 heterocycles. The molecule has 1 fully saturated rings. The first-order chi connectivity index (χ1) is 9.58. The summed E-state index contributed by atoms with van der Waals surface area (Å²) < 4.78 is 4.57. The molecule has 0 aliphatic carbocycles. The van der Waals surface area contributed by atoms with Gasteiger partial charge in [0.15, 0.2) is 6.04 Å². The van der Waals surface area contributed by atoms with Crippen LogP contribution in [0.4, 0.5) is 4.79 Å². The number of hydrogen-bond donors (Lipinski definition) is 2. The van der Waals surface area contributed by atoms with Gasteiger partial charge in [0.25, 0.3) is 5.91 Å². The molecule has 1 aromatic rings. The van der Waals surface area contributed by atoms with E-state index in [4.69, 9.17) is 0 Å². The molecule has 0 saturated carbocycles. The van der Waals surface area contributed by atoms with Gasteiger partial charge in [-0.15, -0.1) is 0 Å². The number of ether oxygens (including phenoxy) is 1. The van der Waals surface area contributed by atoms with Crippen LogP contribution in [-0.2, 0) is 20.7 Å². The number of hydrogen-bond acceptors (Lipinski definition) is 4. The quantitative estimate of drug-likeness (QED) is 0.449. The van der Waals surface area contributed by atoms with Gasteiger partial charge in [0.05, 0.1) is 13.5 Å². The first-order valence-electron chi connectivity index (χ1n) is 5.87. The molecule has 3 amide bonds. The summed E-state index contributed by atoms with van der Waals surface area (Å²) in [5.41, 5.74) is 1.50. The summed E-state index contributed by atoms with van der Waals surface area (Å²) >= 11 is 0.